The lowest BCUT2D eigenvalue weighted by Gasteiger charge is -2.21. The Morgan fingerprint density at radius 3 is 2.21 bits per heavy atom. The summed E-state index contributed by atoms with van der Waals surface area (Å²) in [7, 11) is 1.77. The molecule has 1 amide bonds. The van der Waals surface area contributed by atoms with Crippen LogP contribution in [0.3, 0.4) is 0 Å². The molecule has 0 bridgehead atoms. The topological polar surface area (TPSA) is 48.5 Å². The second kappa shape index (κ2) is 9.04. The number of rotatable bonds is 7. The highest BCUT2D eigenvalue weighted by molar-refractivity contribution is 6.06. The fourth-order valence-electron chi connectivity index (χ4n) is 3.10. The van der Waals surface area contributed by atoms with Gasteiger partial charge in [-0.2, -0.15) is 0 Å². The first-order chi connectivity index (χ1) is 13.6. The summed E-state index contributed by atoms with van der Waals surface area (Å²) in [4.78, 5) is 20.9. The average Bonchev–Trinajstić information content (AvgIpc) is 2.75. The molecular formula is C23H26N4O. The van der Waals surface area contributed by atoms with Crippen LogP contribution in [0, 0.1) is 0 Å². The van der Waals surface area contributed by atoms with Crippen LogP contribution < -0.4 is 15.1 Å². The van der Waals surface area contributed by atoms with E-state index >= 15 is 0 Å². The Labute approximate surface area is 166 Å². The average molecular weight is 374 g/mol. The zero-order valence-electron chi connectivity index (χ0n) is 16.6. The molecule has 0 atom stereocenters. The van der Waals surface area contributed by atoms with Gasteiger partial charge in [0.05, 0.1) is 17.4 Å². The molecule has 28 heavy (non-hydrogen) atoms. The van der Waals surface area contributed by atoms with Crippen LogP contribution >= 0.6 is 0 Å². The summed E-state index contributed by atoms with van der Waals surface area (Å²) in [6.07, 6.45) is 3.31. The predicted molar refractivity (Wildman–Crippen MR) is 117 cm³/mol. The molecule has 0 spiro atoms. The molecule has 0 saturated heterocycles. The van der Waals surface area contributed by atoms with Crippen LogP contribution in [0.2, 0.25) is 0 Å². The van der Waals surface area contributed by atoms with Gasteiger partial charge >= 0.3 is 0 Å². The molecule has 2 aromatic carbocycles. The van der Waals surface area contributed by atoms with Crippen molar-refractivity contribution in [2.45, 2.75) is 13.8 Å². The lowest BCUT2D eigenvalue weighted by atomic mass is 10.2. The molecular weight excluding hydrogens is 348 g/mol. The van der Waals surface area contributed by atoms with E-state index < -0.39 is 0 Å². The van der Waals surface area contributed by atoms with Gasteiger partial charge in [-0.05, 0) is 56.3 Å². The molecule has 0 unspecified atom stereocenters. The van der Waals surface area contributed by atoms with E-state index in [0.29, 0.717) is 5.56 Å². The molecule has 0 aliphatic rings. The zero-order chi connectivity index (χ0) is 19.9. The second-order valence-electron chi connectivity index (χ2n) is 6.51. The summed E-state index contributed by atoms with van der Waals surface area (Å²) in [6, 6.07) is 19.7. The maximum Gasteiger partial charge on any atom is 0.259 e. The molecule has 0 aliphatic carbocycles. The Morgan fingerprint density at radius 2 is 1.57 bits per heavy atom. The normalized spacial score (nSPS) is 10.4. The highest BCUT2D eigenvalue weighted by Crippen LogP contribution is 2.22. The zero-order valence-corrected chi connectivity index (χ0v) is 16.6. The summed E-state index contributed by atoms with van der Waals surface area (Å²) in [5.74, 6) is -0.0979. The lowest BCUT2D eigenvalue weighted by Crippen LogP contribution is -2.26. The molecule has 5 heteroatoms. The minimum atomic E-state index is -0.0979. The number of carbonyl (C=O) groups is 1. The van der Waals surface area contributed by atoms with E-state index in [1.807, 2.05) is 48.5 Å². The minimum absolute atomic E-state index is 0.0979. The van der Waals surface area contributed by atoms with Crippen LogP contribution in [0.5, 0.6) is 0 Å². The van der Waals surface area contributed by atoms with Gasteiger partial charge in [0.2, 0.25) is 0 Å². The van der Waals surface area contributed by atoms with Gasteiger partial charge in [-0.3, -0.25) is 9.78 Å². The van der Waals surface area contributed by atoms with Crippen molar-refractivity contribution in [1.82, 2.24) is 4.98 Å². The van der Waals surface area contributed by atoms with Gasteiger partial charge in [0.1, 0.15) is 0 Å². The lowest BCUT2D eigenvalue weighted by molar-refractivity contribution is 0.0992. The summed E-state index contributed by atoms with van der Waals surface area (Å²) >= 11 is 0. The van der Waals surface area contributed by atoms with Gasteiger partial charge in [-0.15, -0.1) is 0 Å². The van der Waals surface area contributed by atoms with Gasteiger partial charge < -0.3 is 15.1 Å². The van der Waals surface area contributed by atoms with Crippen molar-refractivity contribution in [3.05, 3.63) is 78.6 Å². The molecule has 0 saturated carbocycles. The third kappa shape index (κ3) is 4.49. The minimum Gasteiger partial charge on any atom is -0.372 e. The number of anilines is 4. The Bertz CT molecular complexity index is 905. The van der Waals surface area contributed by atoms with E-state index in [0.717, 1.165) is 30.2 Å². The van der Waals surface area contributed by atoms with Crippen molar-refractivity contribution < 1.29 is 4.79 Å². The number of nitrogens with zero attached hydrogens (tertiary/aromatic N) is 3. The van der Waals surface area contributed by atoms with Gasteiger partial charge in [0.15, 0.2) is 0 Å². The molecule has 0 aliphatic heterocycles. The third-order valence-corrected chi connectivity index (χ3v) is 4.72. The number of carbonyl (C=O) groups excluding carboxylic acids is 1. The number of hydrogen-bond donors (Lipinski definition) is 1. The first kappa shape index (κ1) is 19.4. The molecule has 144 valence electrons. The predicted octanol–water partition coefficient (Wildman–Crippen LogP) is 4.95. The van der Waals surface area contributed by atoms with Crippen LogP contribution in [0.25, 0.3) is 0 Å². The van der Waals surface area contributed by atoms with Crippen molar-refractivity contribution in [2.24, 2.45) is 0 Å². The SMILES string of the molecule is CCN(CC)c1ccc(Nc2cncc(C(=O)N(C)c3ccccc3)c2)cc1. The first-order valence-corrected chi connectivity index (χ1v) is 9.52. The molecule has 1 heterocycles. The monoisotopic (exact) mass is 374 g/mol. The van der Waals surface area contributed by atoms with Crippen molar-refractivity contribution in [3.8, 4) is 0 Å². The number of amides is 1. The Balaban J connectivity index is 1.74. The van der Waals surface area contributed by atoms with Crippen LogP contribution in [0.4, 0.5) is 22.7 Å². The highest BCUT2D eigenvalue weighted by Gasteiger charge is 2.14. The number of aromatic nitrogens is 1. The van der Waals surface area contributed by atoms with Crippen LogP contribution in [-0.2, 0) is 0 Å². The second-order valence-corrected chi connectivity index (χ2v) is 6.51. The summed E-state index contributed by atoms with van der Waals surface area (Å²) < 4.78 is 0. The fraction of sp³-hybridized carbons (Fsp3) is 0.217. The van der Waals surface area contributed by atoms with Gasteiger partial charge in [-0.25, -0.2) is 0 Å². The standard InChI is InChI=1S/C23H26N4O/c1-4-27(5-2)22-13-11-19(12-14-22)25-20-15-18(16-24-17-20)23(28)26(3)21-9-7-6-8-10-21/h6-17,25H,4-5H2,1-3H3. The number of para-hydroxylation sites is 1. The summed E-state index contributed by atoms with van der Waals surface area (Å²) in [5.41, 5.74) is 4.32. The van der Waals surface area contributed by atoms with Crippen LogP contribution in [0.15, 0.2) is 73.1 Å². The Morgan fingerprint density at radius 1 is 0.893 bits per heavy atom. The Kier molecular flexibility index (Phi) is 6.27. The van der Waals surface area contributed by atoms with E-state index in [-0.39, 0.29) is 5.91 Å². The molecule has 0 radical (unpaired) electrons. The summed E-state index contributed by atoms with van der Waals surface area (Å²) in [5, 5.41) is 3.33. The molecule has 3 rings (SSSR count). The van der Waals surface area contributed by atoms with E-state index in [4.69, 9.17) is 0 Å². The van der Waals surface area contributed by atoms with Crippen molar-refractivity contribution >= 4 is 28.7 Å². The molecule has 5 nitrogen and oxygen atoms in total. The Hall–Kier alpha value is -3.34. The molecule has 1 aromatic heterocycles. The number of pyridine rings is 1. The molecule has 1 N–H and O–H groups in total. The van der Waals surface area contributed by atoms with Crippen molar-refractivity contribution in [3.63, 3.8) is 0 Å². The number of nitrogens with one attached hydrogen (secondary N) is 1. The van der Waals surface area contributed by atoms with Gasteiger partial charge in [0, 0.05) is 43.4 Å². The maximum absolute atomic E-state index is 12.8. The quantitative estimate of drug-likeness (QED) is 0.636. The molecule has 0 fully saturated rings. The summed E-state index contributed by atoms with van der Waals surface area (Å²) in [6.45, 7) is 6.26. The van der Waals surface area contributed by atoms with E-state index in [9.17, 15) is 4.79 Å². The largest absolute Gasteiger partial charge is 0.372 e. The number of benzene rings is 2. The van der Waals surface area contributed by atoms with E-state index in [1.54, 1.807) is 24.3 Å². The fourth-order valence-corrected chi connectivity index (χ4v) is 3.10. The number of hydrogen-bond acceptors (Lipinski definition) is 4. The van der Waals surface area contributed by atoms with Crippen molar-refractivity contribution in [1.29, 1.82) is 0 Å². The van der Waals surface area contributed by atoms with Gasteiger partial charge in [0.25, 0.3) is 5.91 Å². The smallest absolute Gasteiger partial charge is 0.259 e. The van der Waals surface area contributed by atoms with E-state index in [2.05, 4.69) is 41.2 Å². The first-order valence-electron chi connectivity index (χ1n) is 9.52. The maximum atomic E-state index is 12.8. The highest BCUT2D eigenvalue weighted by atomic mass is 16.2. The third-order valence-electron chi connectivity index (χ3n) is 4.72. The van der Waals surface area contributed by atoms with E-state index in [1.165, 1.54) is 5.69 Å². The van der Waals surface area contributed by atoms with Gasteiger partial charge in [-0.1, -0.05) is 18.2 Å². The molecule has 3 aromatic rings. The van der Waals surface area contributed by atoms with Crippen LogP contribution in [0.1, 0.15) is 24.2 Å². The van der Waals surface area contributed by atoms with Crippen molar-refractivity contribution in [2.75, 3.05) is 35.3 Å². The van der Waals surface area contributed by atoms with Crippen LogP contribution in [-0.4, -0.2) is 31.0 Å².